The Morgan fingerprint density at radius 1 is 1.20 bits per heavy atom. The molecule has 1 rings (SSSR count). The highest BCUT2D eigenvalue weighted by atomic mass is 16.5. The smallest absolute Gasteiger partial charge is 0.0690 e. The average molecular weight is 143 g/mol. The summed E-state index contributed by atoms with van der Waals surface area (Å²) < 4.78 is 4.83. The molecule has 0 aliphatic rings. The summed E-state index contributed by atoms with van der Waals surface area (Å²) in [5.41, 5.74) is 0. The predicted molar refractivity (Wildman–Crippen MR) is 38.5 cm³/mol. The molecule has 58 valence electrons. The molecular formula is C6H13N3O. The van der Waals surface area contributed by atoms with E-state index in [9.17, 15) is 0 Å². The van der Waals surface area contributed by atoms with E-state index in [0.29, 0.717) is 0 Å². The highest BCUT2D eigenvalue weighted by Gasteiger charge is 1.64. The minimum absolute atomic E-state index is 0.844. The van der Waals surface area contributed by atoms with Crippen LogP contribution in [0.25, 0.3) is 0 Å². The van der Waals surface area contributed by atoms with Gasteiger partial charge in [0.25, 0.3) is 0 Å². The lowest BCUT2D eigenvalue weighted by Crippen LogP contribution is -1.84. The maximum absolute atomic E-state index is 4.83. The fourth-order valence-electron chi connectivity index (χ4n) is 0.371. The molecule has 10 heavy (non-hydrogen) atoms. The van der Waals surface area contributed by atoms with Crippen LogP contribution >= 0.6 is 0 Å². The van der Waals surface area contributed by atoms with Gasteiger partial charge in [0.2, 0.25) is 0 Å². The Bertz CT molecular complexity index is 99.3. The number of aromatic nitrogens is 3. The Kier molecular flexibility index (Phi) is 7.37. The van der Waals surface area contributed by atoms with Crippen molar-refractivity contribution < 1.29 is 4.74 Å². The fraction of sp³-hybridized carbons (Fsp3) is 0.667. The second-order valence-electron chi connectivity index (χ2n) is 1.44. The maximum Gasteiger partial charge on any atom is 0.0690 e. The number of nitrogens with one attached hydrogen (secondary N) is 1. The second kappa shape index (κ2) is 8.10. The van der Waals surface area contributed by atoms with Crippen LogP contribution in [-0.2, 0) is 4.74 Å². The Balaban J connectivity index is 0.000000162. The molecule has 4 heteroatoms. The van der Waals surface area contributed by atoms with Crippen LogP contribution < -0.4 is 0 Å². The molecule has 0 aliphatic carbocycles. The van der Waals surface area contributed by atoms with E-state index >= 15 is 0 Å². The molecule has 0 bridgehead atoms. The molecule has 0 aliphatic heterocycles. The lowest BCUT2D eigenvalue weighted by atomic mass is 10.8. The third-order valence-corrected chi connectivity index (χ3v) is 0.739. The topological polar surface area (TPSA) is 50.8 Å². The molecule has 0 aromatic carbocycles. The molecule has 1 aromatic heterocycles. The van der Waals surface area contributed by atoms with Gasteiger partial charge in [0, 0.05) is 13.2 Å². The molecule has 0 amide bonds. The summed E-state index contributed by atoms with van der Waals surface area (Å²) in [7, 11) is 0. The number of rotatable bonds is 2. The summed E-state index contributed by atoms with van der Waals surface area (Å²) in [6.07, 6.45) is 3.17. The maximum atomic E-state index is 4.83. The van der Waals surface area contributed by atoms with Crippen LogP contribution in [-0.4, -0.2) is 28.6 Å². The molecular weight excluding hydrogens is 130 g/mol. The van der Waals surface area contributed by atoms with Crippen molar-refractivity contribution in [3.8, 4) is 0 Å². The summed E-state index contributed by atoms with van der Waals surface area (Å²) in [6, 6.07) is 0. The van der Waals surface area contributed by atoms with E-state index in [-0.39, 0.29) is 0 Å². The zero-order valence-corrected chi connectivity index (χ0v) is 6.37. The van der Waals surface area contributed by atoms with Gasteiger partial charge in [-0.15, -0.1) is 0 Å². The minimum atomic E-state index is 0.844. The molecule has 0 fully saturated rings. The van der Waals surface area contributed by atoms with Crippen LogP contribution in [0.1, 0.15) is 13.8 Å². The van der Waals surface area contributed by atoms with E-state index in [0.717, 1.165) is 13.2 Å². The minimum Gasteiger partial charge on any atom is -0.382 e. The van der Waals surface area contributed by atoms with Crippen molar-refractivity contribution in [3.05, 3.63) is 12.4 Å². The summed E-state index contributed by atoms with van der Waals surface area (Å²) in [6.45, 7) is 5.67. The van der Waals surface area contributed by atoms with Gasteiger partial charge < -0.3 is 4.74 Å². The Hall–Kier alpha value is -0.900. The van der Waals surface area contributed by atoms with Gasteiger partial charge in [-0.2, -0.15) is 15.4 Å². The van der Waals surface area contributed by atoms with Crippen LogP contribution in [0.3, 0.4) is 0 Å². The zero-order chi connectivity index (χ0) is 7.66. The van der Waals surface area contributed by atoms with Crippen LogP contribution in [0.4, 0.5) is 0 Å². The van der Waals surface area contributed by atoms with E-state index in [1.165, 1.54) is 0 Å². The first-order valence-electron chi connectivity index (χ1n) is 3.29. The molecule has 0 saturated carbocycles. The van der Waals surface area contributed by atoms with Crippen LogP contribution in [0.15, 0.2) is 12.4 Å². The first-order valence-corrected chi connectivity index (χ1v) is 3.29. The molecule has 1 N–H and O–H groups in total. The van der Waals surface area contributed by atoms with Crippen molar-refractivity contribution in [2.24, 2.45) is 0 Å². The van der Waals surface area contributed by atoms with Crippen molar-refractivity contribution >= 4 is 0 Å². The molecule has 0 atom stereocenters. The van der Waals surface area contributed by atoms with Crippen molar-refractivity contribution in [2.45, 2.75) is 13.8 Å². The zero-order valence-electron chi connectivity index (χ0n) is 6.37. The van der Waals surface area contributed by atoms with E-state index in [2.05, 4.69) is 15.4 Å². The number of hydrogen-bond acceptors (Lipinski definition) is 3. The van der Waals surface area contributed by atoms with Gasteiger partial charge in [-0.1, -0.05) is 0 Å². The van der Waals surface area contributed by atoms with Crippen LogP contribution in [0.5, 0.6) is 0 Å². The van der Waals surface area contributed by atoms with Crippen molar-refractivity contribution in [3.63, 3.8) is 0 Å². The third kappa shape index (κ3) is 7.10. The van der Waals surface area contributed by atoms with E-state index in [1.54, 1.807) is 12.4 Å². The Labute approximate surface area is 60.6 Å². The summed E-state index contributed by atoms with van der Waals surface area (Å²) >= 11 is 0. The van der Waals surface area contributed by atoms with E-state index in [4.69, 9.17) is 4.74 Å². The highest BCUT2D eigenvalue weighted by Crippen LogP contribution is 1.64. The van der Waals surface area contributed by atoms with Crippen molar-refractivity contribution in [1.29, 1.82) is 0 Å². The first-order chi connectivity index (χ1) is 4.91. The molecule has 0 spiro atoms. The fourth-order valence-corrected chi connectivity index (χ4v) is 0.371. The summed E-state index contributed by atoms with van der Waals surface area (Å²) in [5, 5.41) is 9.33. The number of hydrogen-bond donors (Lipinski definition) is 1. The number of nitrogens with zero attached hydrogens (tertiary/aromatic N) is 2. The third-order valence-electron chi connectivity index (χ3n) is 0.739. The molecule has 1 heterocycles. The van der Waals surface area contributed by atoms with Crippen molar-refractivity contribution in [1.82, 2.24) is 15.4 Å². The van der Waals surface area contributed by atoms with E-state index < -0.39 is 0 Å². The van der Waals surface area contributed by atoms with Gasteiger partial charge in [-0.25, -0.2) is 0 Å². The quantitative estimate of drug-likeness (QED) is 0.667. The predicted octanol–water partition coefficient (Wildman–Crippen LogP) is 0.847. The second-order valence-corrected chi connectivity index (χ2v) is 1.44. The van der Waals surface area contributed by atoms with Crippen LogP contribution in [0, 0.1) is 0 Å². The van der Waals surface area contributed by atoms with Gasteiger partial charge in [-0.05, 0) is 13.8 Å². The molecule has 0 unspecified atom stereocenters. The van der Waals surface area contributed by atoms with Gasteiger partial charge in [0.05, 0.1) is 12.4 Å². The van der Waals surface area contributed by atoms with Gasteiger partial charge >= 0.3 is 0 Å². The first kappa shape index (κ1) is 9.10. The van der Waals surface area contributed by atoms with Gasteiger partial charge in [0.15, 0.2) is 0 Å². The summed E-state index contributed by atoms with van der Waals surface area (Å²) in [4.78, 5) is 0. The monoisotopic (exact) mass is 143 g/mol. The lowest BCUT2D eigenvalue weighted by molar-refractivity contribution is 0.162. The Morgan fingerprint density at radius 3 is 1.80 bits per heavy atom. The normalized spacial score (nSPS) is 8.20. The van der Waals surface area contributed by atoms with Gasteiger partial charge in [0.1, 0.15) is 0 Å². The average Bonchev–Trinajstić information content (AvgIpc) is 2.44. The van der Waals surface area contributed by atoms with Crippen molar-refractivity contribution in [2.75, 3.05) is 13.2 Å². The number of aromatic amines is 1. The molecule has 4 nitrogen and oxygen atoms in total. The summed E-state index contributed by atoms with van der Waals surface area (Å²) in [5.74, 6) is 0. The van der Waals surface area contributed by atoms with E-state index in [1.807, 2.05) is 13.8 Å². The van der Waals surface area contributed by atoms with Gasteiger partial charge in [-0.3, -0.25) is 0 Å². The standard InChI is InChI=1S/C4H10O.C2H3N3/c1-3-5-4-2;1-2-4-5-3-1/h3-4H2,1-2H3;1-2H,(H,3,4,5). The lowest BCUT2D eigenvalue weighted by Gasteiger charge is -1.86. The molecule has 1 aromatic rings. The molecule has 0 radical (unpaired) electrons. The number of ether oxygens (including phenoxy) is 1. The largest absolute Gasteiger partial charge is 0.382 e. The number of H-pyrrole nitrogens is 1. The van der Waals surface area contributed by atoms with Crippen LogP contribution in [0.2, 0.25) is 0 Å². The molecule has 0 saturated heterocycles. The highest BCUT2D eigenvalue weighted by molar-refractivity contribution is 4.54. The SMILES string of the molecule is CCOCC.c1cn[nH]n1. The Morgan fingerprint density at radius 2 is 1.70 bits per heavy atom.